The zero-order chi connectivity index (χ0) is 16.0. The van der Waals surface area contributed by atoms with E-state index in [0.717, 1.165) is 6.54 Å². The number of rotatable bonds is 9. The van der Waals surface area contributed by atoms with Crippen LogP contribution in [0.25, 0.3) is 0 Å². The van der Waals surface area contributed by atoms with E-state index in [9.17, 15) is 8.42 Å². The molecule has 1 rings (SSSR count). The molecular weight excluding hydrogens is 360 g/mol. The van der Waals surface area contributed by atoms with Crippen LogP contribution in [0.5, 0.6) is 0 Å². The summed E-state index contributed by atoms with van der Waals surface area (Å²) in [4.78, 5) is 0.141. The number of ether oxygens (including phenoxy) is 1. The molecule has 122 valence electrons. The monoisotopic (exact) mass is 382 g/mol. The van der Waals surface area contributed by atoms with Crippen molar-refractivity contribution in [3.05, 3.63) is 16.5 Å². The van der Waals surface area contributed by atoms with E-state index in [0.29, 0.717) is 25.5 Å². The van der Waals surface area contributed by atoms with E-state index in [1.807, 2.05) is 20.8 Å². The first-order valence-corrected chi connectivity index (χ1v) is 9.09. The van der Waals surface area contributed by atoms with Crippen LogP contribution >= 0.6 is 15.9 Å². The third-order valence-electron chi connectivity index (χ3n) is 2.80. The normalized spacial score (nSPS) is 12.5. The van der Waals surface area contributed by atoms with Crippen LogP contribution in [0, 0.1) is 0 Å². The lowest BCUT2D eigenvalue weighted by Gasteiger charge is -2.17. The molecule has 0 aliphatic rings. The molecule has 0 radical (unpaired) electrons. The van der Waals surface area contributed by atoms with Crippen LogP contribution in [0.15, 0.2) is 20.0 Å². The van der Waals surface area contributed by atoms with Crippen LogP contribution in [-0.2, 0) is 21.3 Å². The van der Waals surface area contributed by atoms with Crippen molar-refractivity contribution in [3.8, 4) is 0 Å². The largest absolute Gasteiger partial charge is 0.452 e. The highest BCUT2D eigenvalue weighted by Crippen LogP contribution is 2.28. The molecule has 0 amide bonds. The van der Waals surface area contributed by atoms with Gasteiger partial charge in [-0.1, -0.05) is 6.92 Å². The summed E-state index contributed by atoms with van der Waals surface area (Å²) >= 11 is 3.17. The Balaban J connectivity index is 2.79. The maximum atomic E-state index is 12.5. The molecule has 1 aromatic rings. The highest BCUT2D eigenvalue weighted by Gasteiger charge is 2.26. The van der Waals surface area contributed by atoms with E-state index in [2.05, 4.69) is 21.2 Å². The Morgan fingerprint density at radius 1 is 1.48 bits per heavy atom. The smallest absolute Gasteiger partial charge is 0.247 e. The quantitative estimate of drug-likeness (QED) is 0.708. The van der Waals surface area contributed by atoms with Gasteiger partial charge in [0, 0.05) is 19.7 Å². The van der Waals surface area contributed by atoms with Gasteiger partial charge in [-0.2, -0.15) is 4.31 Å². The molecule has 6 nitrogen and oxygen atoms in total. The van der Waals surface area contributed by atoms with Gasteiger partial charge in [-0.05, 0) is 36.3 Å². The maximum absolute atomic E-state index is 12.5. The van der Waals surface area contributed by atoms with E-state index in [1.54, 1.807) is 6.07 Å². The number of hydrogen-bond donors (Lipinski definition) is 1. The first kappa shape index (κ1) is 18.6. The van der Waals surface area contributed by atoms with Crippen molar-refractivity contribution in [2.24, 2.45) is 0 Å². The number of nitrogens with zero attached hydrogens (tertiary/aromatic N) is 1. The molecule has 1 heterocycles. The number of likely N-dealkylation sites (N-methyl/N-ethyl adjacent to an activating group) is 1. The Kier molecular flexibility index (Phi) is 7.35. The molecular formula is C13H23BrN2O4S. The Hall–Kier alpha value is -0.410. The van der Waals surface area contributed by atoms with E-state index >= 15 is 0 Å². The van der Waals surface area contributed by atoms with Crippen molar-refractivity contribution in [2.75, 3.05) is 26.7 Å². The van der Waals surface area contributed by atoms with Crippen LogP contribution in [-0.4, -0.2) is 45.6 Å². The lowest BCUT2D eigenvalue weighted by atomic mass is 10.4. The van der Waals surface area contributed by atoms with Crippen LogP contribution in [0.4, 0.5) is 0 Å². The predicted molar refractivity (Wildman–Crippen MR) is 84.7 cm³/mol. The lowest BCUT2D eigenvalue weighted by Crippen LogP contribution is -2.30. The fraction of sp³-hybridized carbons (Fsp3) is 0.692. The van der Waals surface area contributed by atoms with Crippen molar-refractivity contribution < 1.29 is 17.6 Å². The van der Waals surface area contributed by atoms with E-state index < -0.39 is 10.0 Å². The molecule has 0 saturated carbocycles. The highest BCUT2D eigenvalue weighted by atomic mass is 79.9. The number of nitrogens with one attached hydrogen (secondary N) is 1. The second-order valence-electron chi connectivity index (χ2n) is 4.88. The van der Waals surface area contributed by atoms with Gasteiger partial charge in [-0.25, -0.2) is 8.42 Å². The fourth-order valence-corrected chi connectivity index (χ4v) is 3.73. The molecule has 0 fully saturated rings. The summed E-state index contributed by atoms with van der Waals surface area (Å²) in [5, 5.41) is 3.09. The van der Waals surface area contributed by atoms with Crippen molar-refractivity contribution in [3.63, 3.8) is 0 Å². The Morgan fingerprint density at radius 2 is 2.14 bits per heavy atom. The summed E-state index contributed by atoms with van der Waals surface area (Å²) in [5.41, 5.74) is 0. The molecule has 0 aliphatic heterocycles. The maximum Gasteiger partial charge on any atom is 0.247 e. The molecule has 8 heteroatoms. The minimum atomic E-state index is -3.59. The minimum Gasteiger partial charge on any atom is -0.452 e. The van der Waals surface area contributed by atoms with Crippen LogP contribution in [0.3, 0.4) is 0 Å². The SMILES string of the molecule is CCNCc1cc(S(=O)(=O)N(C)CCOC(C)C)c(Br)o1. The highest BCUT2D eigenvalue weighted by molar-refractivity contribution is 9.10. The third-order valence-corrected chi connectivity index (χ3v) is 5.52. The summed E-state index contributed by atoms with van der Waals surface area (Å²) < 4.78 is 37.2. The molecule has 1 aromatic heterocycles. The van der Waals surface area contributed by atoms with Gasteiger partial charge in [0.1, 0.15) is 10.7 Å². The van der Waals surface area contributed by atoms with Gasteiger partial charge in [0.05, 0.1) is 19.3 Å². The predicted octanol–water partition coefficient (Wildman–Crippen LogP) is 2.20. The number of hydrogen-bond acceptors (Lipinski definition) is 5. The van der Waals surface area contributed by atoms with Gasteiger partial charge in [0.15, 0.2) is 4.67 Å². The van der Waals surface area contributed by atoms with Crippen LogP contribution in [0.2, 0.25) is 0 Å². The van der Waals surface area contributed by atoms with Crippen molar-refractivity contribution >= 4 is 26.0 Å². The molecule has 1 N–H and O–H groups in total. The van der Waals surface area contributed by atoms with Gasteiger partial charge in [0.2, 0.25) is 10.0 Å². The zero-order valence-electron chi connectivity index (χ0n) is 12.8. The topological polar surface area (TPSA) is 71.8 Å². The molecule has 0 aliphatic carbocycles. The molecule has 0 atom stereocenters. The van der Waals surface area contributed by atoms with E-state index in [1.165, 1.54) is 11.4 Å². The molecule has 0 bridgehead atoms. The second kappa shape index (κ2) is 8.28. The number of furan rings is 1. The van der Waals surface area contributed by atoms with Crippen molar-refractivity contribution in [1.82, 2.24) is 9.62 Å². The lowest BCUT2D eigenvalue weighted by molar-refractivity contribution is 0.0737. The van der Waals surface area contributed by atoms with Gasteiger partial charge in [-0.15, -0.1) is 0 Å². The van der Waals surface area contributed by atoms with Crippen molar-refractivity contribution in [2.45, 2.75) is 38.3 Å². The van der Waals surface area contributed by atoms with Gasteiger partial charge >= 0.3 is 0 Å². The van der Waals surface area contributed by atoms with Gasteiger partial charge < -0.3 is 14.5 Å². The second-order valence-corrected chi connectivity index (χ2v) is 7.61. The molecule has 0 unspecified atom stereocenters. The average molecular weight is 383 g/mol. The van der Waals surface area contributed by atoms with E-state index in [-0.39, 0.29) is 15.7 Å². The van der Waals surface area contributed by atoms with Crippen LogP contribution in [0.1, 0.15) is 26.5 Å². The zero-order valence-corrected chi connectivity index (χ0v) is 15.3. The summed E-state index contributed by atoms with van der Waals surface area (Å²) in [6.07, 6.45) is 0.0773. The van der Waals surface area contributed by atoms with Gasteiger partial charge in [0.25, 0.3) is 0 Å². The summed E-state index contributed by atoms with van der Waals surface area (Å²) in [6, 6.07) is 1.54. The summed E-state index contributed by atoms with van der Waals surface area (Å²) in [7, 11) is -2.06. The van der Waals surface area contributed by atoms with E-state index in [4.69, 9.17) is 9.15 Å². The number of sulfonamides is 1. The summed E-state index contributed by atoms with van der Waals surface area (Å²) in [6.45, 7) is 7.71. The average Bonchev–Trinajstić information content (AvgIpc) is 2.77. The summed E-state index contributed by atoms with van der Waals surface area (Å²) in [5.74, 6) is 0.578. The molecule has 0 saturated heterocycles. The number of halogens is 1. The first-order valence-electron chi connectivity index (χ1n) is 6.85. The Bertz CT molecular complexity index is 542. The first-order chi connectivity index (χ1) is 9.78. The standard InChI is InChI=1S/C13H23BrN2O4S/c1-5-15-9-11-8-12(13(14)20-11)21(17,18)16(4)6-7-19-10(2)3/h8,10,15H,5-7,9H2,1-4H3. The molecule has 0 aromatic carbocycles. The Morgan fingerprint density at radius 3 is 2.71 bits per heavy atom. The molecule has 0 spiro atoms. The van der Waals surface area contributed by atoms with Crippen molar-refractivity contribution in [1.29, 1.82) is 0 Å². The van der Waals surface area contributed by atoms with Crippen LogP contribution < -0.4 is 5.32 Å². The fourth-order valence-electron chi connectivity index (χ4n) is 1.61. The Labute approximate surface area is 135 Å². The molecule has 21 heavy (non-hydrogen) atoms. The van der Waals surface area contributed by atoms with Gasteiger partial charge in [-0.3, -0.25) is 0 Å². The third kappa shape index (κ3) is 5.37. The minimum absolute atomic E-state index is 0.0773.